The molecule has 0 atom stereocenters. The zero-order valence-electron chi connectivity index (χ0n) is 11.8. The molecule has 1 N–H and O–H groups in total. The molecule has 0 unspecified atom stereocenters. The maximum absolute atomic E-state index is 11.9. The third kappa shape index (κ3) is 5.90. The molecule has 112 valence electrons. The molecular weight excluding hydrogens is 300 g/mol. The van der Waals surface area contributed by atoms with Crippen molar-refractivity contribution in [1.29, 1.82) is 0 Å². The van der Waals surface area contributed by atoms with E-state index in [0.717, 1.165) is 6.26 Å². The average molecular weight is 319 g/mol. The molecule has 0 aliphatic rings. The van der Waals surface area contributed by atoms with Crippen LogP contribution in [0.4, 0.5) is 5.69 Å². The number of nitrogens with one attached hydrogen (secondary N) is 1. The molecule has 0 aliphatic carbocycles. The second kappa shape index (κ2) is 7.06. The van der Waals surface area contributed by atoms with Crippen LogP contribution in [0.15, 0.2) is 24.3 Å². The van der Waals surface area contributed by atoms with Crippen LogP contribution in [-0.2, 0) is 14.8 Å². The lowest BCUT2D eigenvalue weighted by atomic mass is 10.2. The summed E-state index contributed by atoms with van der Waals surface area (Å²) in [5.74, 6) is -0.230. The molecule has 5 nitrogen and oxygen atoms in total. The number of sulfonamides is 1. The maximum atomic E-state index is 11.9. The molecule has 0 saturated carbocycles. The fourth-order valence-electron chi connectivity index (χ4n) is 1.62. The molecule has 1 aromatic carbocycles. The lowest BCUT2D eigenvalue weighted by Crippen LogP contribution is -2.39. The summed E-state index contributed by atoms with van der Waals surface area (Å²) < 4.78 is 24.4. The van der Waals surface area contributed by atoms with E-state index in [0.29, 0.717) is 17.3 Å². The van der Waals surface area contributed by atoms with Crippen molar-refractivity contribution in [1.82, 2.24) is 4.31 Å². The van der Waals surface area contributed by atoms with E-state index < -0.39 is 10.0 Å². The van der Waals surface area contributed by atoms with Gasteiger partial charge in [0.1, 0.15) is 0 Å². The monoisotopic (exact) mass is 318 g/mol. The standard InChI is InChI=1S/C13H19ClN2O3S/c1-10(2)8-16(20(3,18)19)9-13(17)15-12-6-4-11(14)5-7-12/h4-7,10H,8-9H2,1-3H3,(H,15,17). The third-order valence-electron chi connectivity index (χ3n) is 2.49. The second-order valence-electron chi connectivity index (χ2n) is 5.00. The number of benzene rings is 1. The quantitative estimate of drug-likeness (QED) is 0.874. The number of carbonyl (C=O) groups is 1. The minimum absolute atomic E-state index is 0.146. The summed E-state index contributed by atoms with van der Waals surface area (Å²) in [6.07, 6.45) is 1.10. The SMILES string of the molecule is CC(C)CN(CC(=O)Nc1ccc(Cl)cc1)S(C)(=O)=O. The van der Waals surface area contributed by atoms with Gasteiger partial charge in [-0.1, -0.05) is 25.4 Å². The van der Waals surface area contributed by atoms with Gasteiger partial charge in [0.2, 0.25) is 15.9 Å². The molecule has 0 radical (unpaired) electrons. The Balaban J connectivity index is 2.69. The van der Waals surface area contributed by atoms with Crippen molar-refractivity contribution in [2.24, 2.45) is 5.92 Å². The number of anilines is 1. The number of carbonyl (C=O) groups excluding carboxylic acids is 1. The second-order valence-corrected chi connectivity index (χ2v) is 7.42. The highest BCUT2D eigenvalue weighted by atomic mass is 35.5. The highest BCUT2D eigenvalue weighted by Crippen LogP contribution is 2.13. The summed E-state index contributed by atoms with van der Waals surface area (Å²) in [6, 6.07) is 6.63. The first-order valence-electron chi connectivity index (χ1n) is 6.19. The Morgan fingerprint density at radius 2 is 1.85 bits per heavy atom. The molecular formula is C13H19ClN2O3S. The molecule has 0 aliphatic heterocycles. The molecule has 7 heteroatoms. The van der Waals surface area contributed by atoms with E-state index in [2.05, 4.69) is 5.32 Å². The Bertz CT molecular complexity index is 555. The van der Waals surface area contributed by atoms with Gasteiger partial charge in [-0.3, -0.25) is 4.79 Å². The number of rotatable bonds is 6. The Morgan fingerprint density at radius 1 is 1.30 bits per heavy atom. The van der Waals surface area contributed by atoms with Gasteiger partial charge in [-0.2, -0.15) is 4.31 Å². The first-order valence-corrected chi connectivity index (χ1v) is 8.41. The van der Waals surface area contributed by atoms with Crippen LogP contribution in [0.25, 0.3) is 0 Å². The number of hydrogen-bond donors (Lipinski definition) is 1. The largest absolute Gasteiger partial charge is 0.325 e. The Kier molecular flexibility index (Phi) is 5.98. The highest BCUT2D eigenvalue weighted by Gasteiger charge is 2.21. The third-order valence-corrected chi connectivity index (χ3v) is 3.95. The molecule has 0 saturated heterocycles. The molecule has 1 rings (SSSR count). The summed E-state index contributed by atoms with van der Waals surface area (Å²) >= 11 is 5.75. The van der Waals surface area contributed by atoms with Gasteiger partial charge in [0.15, 0.2) is 0 Å². The Labute approximate surface area is 125 Å². The molecule has 20 heavy (non-hydrogen) atoms. The van der Waals surface area contributed by atoms with Crippen molar-refractivity contribution >= 4 is 33.2 Å². The lowest BCUT2D eigenvalue weighted by molar-refractivity contribution is -0.116. The number of amides is 1. The fraction of sp³-hybridized carbons (Fsp3) is 0.462. The van der Waals surface area contributed by atoms with Crippen LogP contribution in [0, 0.1) is 5.92 Å². The number of halogens is 1. The van der Waals surface area contributed by atoms with Gasteiger partial charge in [0, 0.05) is 17.3 Å². The van der Waals surface area contributed by atoms with Gasteiger partial charge in [-0.25, -0.2) is 8.42 Å². The van der Waals surface area contributed by atoms with Gasteiger partial charge in [-0.05, 0) is 30.2 Å². The van der Waals surface area contributed by atoms with Crippen molar-refractivity contribution in [3.63, 3.8) is 0 Å². The average Bonchev–Trinajstić information content (AvgIpc) is 2.29. The highest BCUT2D eigenvalue weighted by molar-refractivity contribution is 7.88. The molecule has 0 bridgehead atoms. The minimum atomic E-state index is -3.40. The van der Waals surface area contributed by atoms with Crippen molar-refractivity contribution in [3.05, 3.63) is 29.3 Å². The van der Waals surface area contributed by atoms with E-state index in [1.807, 2.05) is 13.8 Å². The summed E-state index contributed by atoms with van der Waals surface area (Å²) in [6.45, 7) is 3.91. The topological polar surface area (TPSA) is 66.5 Å². The predicted octanol–water partition coefficient (Wildman–Crippen LogP) is 2.20. The lowest BCUT2D eigenvalue weighted by Gasteiger charge is -2.21. The number of hydrogen-bond acceptors (Lipinski definition) is 3. The molecule has 0 aromatic heterocycles. The first kappa shape index (κ1) is 16.9. The van der Waals surface area contributed by atoms with Gasteiger partial charge in [-0.15, -0.1) is 0 Å². The summed E-state index contributed by atoms with van der Waals surface area (Å²) in [5.41, 5.74) is 0.581. The molecule has 1 aromatic rings. The summed E-state index contributed by atoms with van der Waals surface area (Å²) in [5, 5.41) is 3.21. The van der Waals surface area contributed by atoms with E-state index in [-0.39, 0.29) is 18.4 Å². The molecule has 0 fully saturated rings. The van der Waals surface area contributed by atoms with E-state index in [1.54, 1.807) is 24.3 Å². The van der Waals surface area contributed by atoms with Crippen molar-refractivity contribution in [2.45, 2.75) is 13.8 Å². The maximum Gasteiger partial charge on any atom is 0.239 e. The number of nitrogens with zero attached hydrogens (tertiary/aromatic N) is 1. The Morgan fingerprint density at radius 3 is 2.30 bits per heavy atom. The molecule has 0 spiro atoms. The first-order chi connectivity index (χ1) is 9.18. The summed E-state index contributed by atoms with van der Waals surface area (Å²) in [7, 11) is -3.40. The fourth-order valence-corrected chi connectivity index (χ4v) is 2.67. The van der Waals surface area contributed by atoms with E-state index >= 15 is 0 Å². The van der Waals surface area contributed by atoms with Crippen molar-refractivity contribution in [2.75, 3.05) is 24.7 Å². The van der Waals surface area contributed by atoms with Crippen LogP contribution in [0.5, 0.6) is 0 Å². The smallest absolute Gasteiger partial charge is 0.239 e. The normalized spacial score (nSPS) is 11.9. The van der Waals surface area contributed by atoms with Crippen molar-refractivity contribution < 1.29 is 13.2 Å². The van der Waals surface area contributed by atoms with Gasteiger partial charge in [0.05, 0.1) is 12.8 Å². The zero-order chi connectivity index (χ0) is 15.3. The van der Waals surface area contributed by atoms with Gasteiger partial charge in [0.25, 0.3) is 0 Å². The van der Waals surface area contributed by atoms with E-state index in [1.165, 1.54) is 4.31 Å². The van der Waals surface area contributed by atoms with Crippen LogP contribution < -0.4 is 5.32 Å². The van der Waals surface area contributed by atoms with Crippen LogP contribution >= 0.6 is 11.6 Å². The van der Waals surface area contributed by atoms with Crippen LogP contribution in [0.2, 0.25) is 5.02 Å². The van der Waals surface area contributed by atoms with Gasteiger partial charge < -0.3 is 5.32 Å². The van der Waals surface area contributed by atoms with Gasteiger partial charge >= 0.3 is 0 Å². The Hall–Kier alpha value is -1.11. The van der Waals surface area contributed by atoms with Crippen LogP contribution in [0.3, 0.4) is 0 Å². The van der Waals surface area contributed by atoms with E-state index in [4.69, 9.17) is 11.6 Å². The summed E-state index contributed by atoms with van der Waals surface area (Å²) in [4.78, 5) is 11.9. The molecule has 0 heterocycles. The zero-order valence-corrected chi connectivity index (χ0v) is 13.3. The predicted molar refractivity (Wildman–Crippen MR) is 81.3 cm³/mol. The van der Waals surface area contributed by atoms with E-state index in [9.17, 15) is 13.2 Å². The van der Waals surface area contributed by atoms with Crippen LogP contribution in [0.1, 0.15) is 13.8 Å². The van der Waals surface area contributed by atoms with Crippen molar-refractivity contribution in [3.8, 4) is 0 Å². The minimum Gasteiger partial charge on any atom is -0.325 e. The van der Waals surface area contributed by atoms with Crippen LogP contribution in [-0.4, -0.2) is 38.0 Å². The molecule has 1 amide bonds.